The smallest absolute Gasteiger partial charge is 0.223 e. The molecule has 0 heterocycles. The van der Waals surface area contributed by atoms with E-state index < -0.39 is 0 Å². The van der Waals surface area contributed by atoms with Crippen LogP contribution in [0.4, 0.5) is 0 Å². The topological polar surface area (TPSA) is 84.4 Å². The molecule has 0 radical (unpaired) electrons. The van der Waals surface area contributed by atoms with E-state index >= 15 is 0 Å². The molecule has 3 fully saturated rings. The highest BCUT2D eigenvalue weighted by atomic mass is 33.1. The number of nitrogens with zero attached hydrogens (tertiary/aromatic N) is 1. The lowest BCUT2D eigenvalue weighted by Gasteiger charge is -2.58. The minimum atomic E-state index is -0.176. The molecule has 0 aromatic heterocycles. The van der Waals surface area contributed by atoms with Gasteiger partial charge >= 0.3 is 0 Å². The molecule has 7 atom stereocenters. The van der Waals surface area contributed by atoms with E-state index in [2.05, 4.69) is 82.5 Å². The molecule has 0 bridgehead atoms. The molecule has 56 heavy (non-hydrogen) atoms. The Morgan fingerprint density at radius 1 is 0.875 bits per heavy atom. The summed E-state index contributed by atoms with van der Waals surface area (Å²) in [5.41, 5.74) is 15.8. The van der Waals surface area contributed by atoms with Gasteiger partial charge in [-0.25, -0.2) is 0 Å². The van der Waals surface area contributed by atoms with Gasteiger partial charge in [0, 0.05) is 41.6 Å². The minimum absolute atomic E-state index is 0.0437. The summed E-state index contributed by atoms with van der Waals surface area (Å²) in [6, 6.07) is 0. The second-order valence-corrected chi connectivity index (χ2v) is 22.6. The van der Waals surface area contributed by atoms with Crippen molar-refractivity contribution in [2.24, 2.45) is 51.9 Å². The standard InChI is InChI=1S/C47H88N4OS2.C2H6/c1-9-46(48,10-2)28-31-50-30-15-16-32-51(33-29-47(49,11-3)12-4)43(52)25-34-53-54-39-23-26-45(8)38(35-39)19-21-40-41-22-20-37(18-14-13-17-36(5)6)44(41,7)27-24-42(40)45;1-2/h19,36-37,39-42,50H,9-18,20-35,48-49H2,1-8H3;1-2H3. The number of fused-ring (bicyclic) bond motifs is 5. The number of hydrogen-bond acceptors (Lipinski definition) is 6. The fourth-order valence-electron chi connectivity index (χ4n) is 11.6. The van der Waals surface area contributed by atoms with E-state index in [1.807, 2.05) is 24.6 Å². The maximum absolute atomic E-state index is 13.6. The van der Waals surface area contributed by atoms with Crippen LogP contribution in [-0.4, -0.2) is 59.1 Å². The van der Waals surface area contributed by atoms with Crippen LogP contribution in [0, 0.1) is 40.4 Å². The van der Waals surface area contributed by atoms with Crippen LogP contribution in [0.2, 0.25) is 0 Å². The van der Waals surface area contributed by atoms with Gasteiger partial charge in [-0.05, 0) is 163 Å². The van der Waals surface area contributed by atoms with Gasteiger partial charge in [0.25, 0.3) is 0 Å². The first kappa shape index (κ1) is 50.1. The number of rotatable bonds is 25. The summed E-state index contributed by atoms with van der Waals surface area (Å²) in [5.74, 6) is 5.80. The number of hydrogen-bond donors (Lipinski definition) is 3. The van der Waals surface area contributed by atoms with Gasteiger partial charge in [0.15, 0.2) is 0 Å². The lowest BCUT2D eigenvalue weighted by Crippen LogP contribution is -2.50. The number of carbonyl (C=O) groups is 1. The van der Waals surface area contributed by atoms with Gasteiger partial charge in [0.2, 0.25) is 5.91 Å². The Morgan fingerprint density at radius 2 is 1.57 bits per heavy atom. The van der Waals surface area contributed by atoms with Gasteiger partial charge in [-0.2, -0.15) is 0 Å². The number of nitrogens with two attached hydrogens (primary N) is 2. The SMILES string of the molecule is CC.CCC(N)(CC)CCNCCCCN(CCC(N)(CC)CC)C(=O)CCSSC1CCC2(C)C(=CCC3C2CCC2(C)C(CCCCC(C)C)CCC32)C1. The highest BCUT2D eigenvalue weighted by Gasteiger charge is 2.58. The fraction of sp³-hybridized carbons (Fsp3) is 0.939. The van der Waals surface area contributed by atoms with E-state index in [1.54, 1.807) is 5.57 Å². The van der Waals surface area contributed by atoms with Crippen LogP contribution < -0.4 is 16.8 Å². The van der Waals surface area contributed by atoms with Crippen LogP contribution in [-0.2, 0) is 4.79 Å². The number of nitrogens with one attached hydrogen (secondary N) is 1. The molecular weight excluding hydrogens is 725 g/mol. The number of carbonyl (C=O) groups excluding carboxylic acids is 1. The fourth-order valence-corrected chi connectivity index (χ4v) is 14.2. The van der Waals surface area contributed by atoms with E-state index in [0.29, 0.717) is 28.4 Å². The van der Waals surface area contributed by atoms with Crippen molar-refractivity contribution >= 4 is 27.5 Å². The van der Waals surface area contributed by atoms with Crippen LogP contribution >= 0.6 is 21.6 Å². The molecule has 0 saturated heterocycles. The molecule has 7 unspecified atom stereocenters. The molecule has 0 aliphatic heterocycles. The van der Waals surface area contributed by atoms with Crippen LogP contribution in [0.5, 0.6) is 0 Å². The van der Waals surface area contributed by atoms with E-state index in [1.165, 1.54) is 77.0 Å². The first-order valence-corrected chi connectivity index (χ1v) is 26.7. The van der Waals surface area contributed by atoms with E-state index in [4.69, 9.17) is 11.5 Å². The van der Waals surface area contributed by atoms with Gasteiger partial charge in [-0.1, -0.05) is 122 Å². The predicted octanol–water partition coefficient (Wildman–Crippen LogP) is 13.0. The van der Waals surface area contributed by atoms with Crippen molar-refractivity contribution in [1.82, 2.24) is 10.2 Å². The average molecular weight is 819 g/mol. The van der Waals surface area contributed by atoms with Crippen LogP contribution in [0.15, 0.2) is 11.6 Å². The molecule has 0 aromatic carbocycles. The summed E-state index contributed by atoms with van der Waals surface area (Å²) >= 11 is 0. The molecular formula is C49H94N4OS2. The lowest BCUT2D eigenvalue weighted by molar-refractivity contribution is -0.131. The monoisotopic (exact) mass is 819 g/mol. The van der Waals surface area contributed by atoms with Crippen molar-refractivity contribution in [3.05, 3.63) is 11.6 Å². The van der Waals surface area contributed by atoms with E-state index in [9.17, 15) is 4.79 Å². The van der Waals surface area contributed by atoms with Crippen LogP contribution in [0.3, 0.4) is 0 Å². The third-order valence-corrected chi connectivity index (χ3v) is 19.2. The largest absolute Gasteiger partial charge is 0.343 e. The molecule has 4 rings (SSSR count). The molecule has 1 amide bonds. The van der Waals surface area contributed by atoms with Gasteiger partial charge in [0.05, 0.1) is 0 Å². The second-order valence-electron chi connectivity index (χ2n) is 19.8. The maximum Gasteiger partial charge on any atom is 0.223 e. The summed E-state index contributed by atoms with van der Waals surface area (Å²) < 4.78 is 0. The number of allylic oxidation sites excluding steroid dienone is 2. The molecule has 0 aromatic rings. The molecule has 4 aliphatic carbocycles. The Labute approximate surface area is 356 Å². The van der Waals surface area contributed by atoms with Gasteiger partial charge in [-0.3, -0.25) is 4.79 Å². The number of unbranched alkanes of at least 4 members (excludes halogenated alkanes) is 2. The third-order valence-electron chi connectivity index (χ3n) is 16.3. The Bertz CT molecular complexity index is 1150. The molecule has 5 nitrogen and oxygen atoms in total. The molecule has 5 N–H and O–H groups in total. The minimum Gasteiger partial charge on any atom is -0.343 e. The zero-order valence-electron chi connectivity index (χ0n) is 38.8. The zero-order valence-corrected chi connectivity index (χ0v) is 40.4. The van der Waals surface area contributed by atoms with Crippen molar-refractivity contribution in [2.45, 2.75) is 220 Å². The third kappa shape index (κ3) is 13.7. The van der Waals surface area contributed by atoms with Crippen molar-refractivity contribution in [2.75, 3.05) is 31.9 Å². The molecule has 4 aliphatic rings. The summed E-state index contributed by atoms with van der Waals surface area (Å²) in [5, 5.41) is 4.29. The summed E-state index contributed by atoms with van der Waals surface area (Å²) in [7, 11) is 4.05. The van der Waals surface area contributed by atoms with Gasteiger partial charge in [0.1, 0.15) is 0 Å². The first-order valence-electron chi connectivity index (χ1n) is 24.3. The zero-order chi connectivity index (χ0) is 41.4. The first-order chi connectivity index (χ1) is 26.8. The Morgan fingerprint density at radius 3 is 2.25 bits per heavy atom. The lowest BCUT2D eigenvalue weighted by atomic mass is 9.47. The predicted molar refractivity (Wildman–Crippen MR) is 251 cm³/mol. The van der Waals surface area contributed by atoms with Crippen LogP contribution in [0.1, 0.15) is 204 Å². The maximum atomic E-state index is 13.6. The normalized spacial score (nSPS) is 28.9. The summed E-state index contributed by atoms with van der Waals surface area (Å²) in [4.78, 5) is 15.8. The Kier molecular flexibility index (Phi) is 21.7. The summed E-state index contributed by atoms with van der Waals surface area (Å²) in [6.07, 6.45) is 28.3. The molecule has 3 saturated carbocycles. The molecule has 7 heteroatoms. The molecule has 328 valence electrons. The highest BCUT2D eigenvalue weighted by Crippen LogP contribution is 2.67. The van der Waals surface area contributed by atoms with Crippen LogP contribution in [0.25, 0.3) is 0 Å². The van der Waals surface area contributed by atoms with Crippen molar-refractivity contribution in [3.8, 4) is 0 Å². The Balaban J connectivity index is 0.00000414. The highest BCUT2D eigenvalue weighted by molar-refractivity contribution is 8.76. The quantitative estimate of drug-likeness (QED) is 0.0483. The summed E-state index contributed by atoms with van der Waals surface area (Å²) in [6.45, 7) is 26.5. The molecule has 0 spiro atoms. The van der Waals surface area contributed by atoms with Crippen molar-refractivity contribution in [1.29, 1.82) is 0 Å². The van der Waals surface area contributed by atoms with Crippen molar-refractivity contribution in [3.63, 3.8) is 0 Å². The van der Waals surface area contributed by atoms with E-state index in [0.717, 1.165) is 113 Å². The van der Waals surface area contributed by atoms with E-state index in [-0.39, 0.29) is 11.1 Å². The number of amides is 1. The average Bonchev–Trinajstić information content (AvgIpc) is 3.55. The van der Waals surface area contributed by atoms with Gasteiger partial charge in [-0.15, -0.1) is 0 Å². The van der Waals surface area contributed by atoms with Gasteiger partial charge < -0.3 is 21.7 Å². The van der Waals surface area contributed by atoms with Crippen molar-refractivity contribution < 1.29 is 4.79 Å². The Hall–Kier alpha value is -0.210. The second kappa shape index (κ2) is 24.3.